The van der Waals surface area contributed by atoms with E-state index in [1.54, 1.807) is 11.3 Å². The number of hydrogen-bond acceptors (Lipinski definition) is 4. The Morgan fingerprint density at radius 1 is 1.12 bits per heavy atom. The summed E-state index contributed by atoms with van der Waals surface area (Å²) in [7, 11) is 0. The third-order valence-electron chi connectivity index (χ3n) is 7.15. The van der Waals surface area contributed by atoms with Crippen molar-refractivity contribution in [1.29, 1.82) is 0 Å². The number of carbonyl (C=O) groups excluding carboxylic acids is 2. The third-order valence-corrected chi connectivity index (χ3v) is 8.36. The second kappa shape index (κ2) is 6.08. The Labute approximate surface area is 158 Å². The van der Waals surface area contributed by atoms with Crippen molar-refractivity contribution in [3.8, 4) is 0 Å². The van der Waals surface area contributed by atoms with Crippen LogP contribution in [0.25, 0.3) is 0 Å². The fraction of sp³-hybridized carbons (Fsp3) is 0.714. The molecule has 0 unspecified atom stereocenters. The second-order valence-corrected chi connectivity index (χ2v) is 10.0. The highest BCUT2D eigenvalue weighted by Crippen LogP contribution is 2.60. The van der Waals surface area contributed by atoms with E-state index in [2.05, 4.69) is 5.32 Å². The number of amides is 1. The van der Waals surface area contributed by atoms with E-state index in [-0.39, 0.29) is 17.3 Å². The fourth-order valence-corrected chi connectivity index (χ4v) is 7.81. The maximum atomic E-state index is 13.4. The zero-order valence-electron chi connectivity index (χ0n) is 15.4. The lowest BCUT2D eigenvalue weighted by Gasteiger charge is -2.55. The van der Waals surface area contributed by atoms with Crippen molar-refractivity contribution in [3.63, 3.8) is 0 Å². The van der Waals surface area contributed by atoms with Crippen LogP contribution in [0.4, 0.5) is 5.00 Å². The van der Waals surface area contributed by atoms with Gasteiger partial charge in [-0.05, 0) is 88.0 Å². The number of aryl methyl sites for hydroxylation is 1. The minimum Gasteiger partial charge on any atom is -0.462 e. The molecule has 4 saturated carbocycles. The summed E-state index contributed by atoms with van der Waals surface area (Å²) in [5.41, 5.74) is 1.58. The highest BCUT2D eigenvalue weighted by atomic mass is 32.1. The van der Waals surface area contributed by atoms with Gasteiger partial charge in [0.2, 0.25) is 5.91 Å². The molecular formula is C21H27NO3S. The number of esters is 1. The first-order valence-corrected chi connectivity index (χ1v) is 11.0. The van der Waals surface area contributed by atoms with Gasteiger partial charge in [0, 0.05) is 4.88 Å². The van der Waals surface area contributed by atoms with Gasteiger partial charge in [0.15, 0.2) is 0 Å². The molecule has 1 N–H and O–H groups in total. The molecule has 0 aromatic carbocycles. The second-order valence-electron chi connectivity index (χ2n) is 8.93. The van der Waals surface area contributed by atoms with Crippen LogP contribution in [0.2, 0.25) is 0 Å². The lowest BCUT2D eigenvalue weighted by molar-refractivity contribution is -0.140. The molecule has 5 aliphatic carbocycles. The quantitative estimate of drug-likeness (QED) is 0.787. The Hall–Kier alpha value is -1.36. The molecule has 1 aromatic rings. The molecule has 1 aromatic heterocycles. The molecule has 6 rings (SSSR count). The summed E-state index contributed by atoms with van der Waals surface area (Å²) in [4.78, 5) is 27.2. The van der Waals surface area contributed by atoms with Gasteiger partial charge in [0.1, 0.15) is 5.00 Å². The molecular weight excluding hydrogens is 346 g/mol. The van der Waals surface area contributed by atoms with Crippen molar-refractivity contribution in [2.24, 2.45) is 23.2 Å². The molecule has 0 saturated heterocycles. The number of ether oxygens (including phenoxy) is 1. The van der Waals surface area contributed by atoms with E-state index in [1.165, 1.54) is 24.1 Å². The highest BCUT2D eigenvalue weighted by Gasteiger charge is 2.54. The van der Waals surface area contributed by atoms with Gasteiger partial charge in [0.05, 0.1) is 17.6 Å². The zero-order chi connectivity index (χ0) is 17.9. The van der Waals surface area contributed by atoms with Crippen molar-refractivity contribution >= 4 is 28.2 Å². The Bertz CT molecular complexity index is 730. The number of rotatable bonds is 4. The van der Waals surface area contributed by atoms with Crippen LogP contribution in [-0.4, -0.2) is 18.5 Å². The van der Waals surface area contributed by atoms with Gasteiger partial charge in [0.25, 0.3) is 0 Å². The molecule has 5 heteroatoms. The molecule has 4 fully saturated rings. The molecule has 0 spiro atoms. The Morgan fingerprint density at radius 2 is 1.77 bits per heavy atom. The average Bonchev–Trinajstić information content (AvgIpc) is 3.14. The Balaban J connectivity index is 1.43. The highest BCUT2D eigenvalue weighted by molar-refractivity contribution is 7.17. The lowest BCUT2D eigenvalue weighted by atomic mass is 9.49. The van der Waals surface area contributed by atoms with Crippen LogP contribution >= 0.6 is 11.3 Å². The summed E-state index contributed by atoms with van der Waals surface area (Å²) in [6, 6.07) is 0. The predicted molar refractivity (Wildman–Crippen MR) is 102 cm³/mol. The number of anilines is 1. The summed E-state index contributed by atoms with van der Waals surface area (Å²) < 4.78 is 5.30. The molecule has 1 amide bonds. The topological polar surface area (TPSA) is 55.4 Å². The first-order valence-electron chi connectivity index (χ1n) is 10.2. The van der Waals surface area contributed by atoms with E-state index < -0.39 is 0 Å². The van der Waals surface area contributed by atoms with E-state index in [0.717, 1.165) is 66.8 Å². The van der Waals surface area contributed by atoms with Gasteiger partial charge in [-0.15, -0.1) is 11.3 Å². The van der Waals surface area contributed by atoms with E-state index in [9.17, 15) is 9.59 Å². The average molecular weight is 374 g/mol. The van der Waals surface area contributed by atoms with Crippen molar-refractivity contribution in [2.45, 2.75) is 64.7 Å². The van der Waals surface area contributed by atoms with Crippen LogP contribution in [0.15, 0.2) is 0 Å². The number of nitrogens with one attached hydrogen (secondary N) is 1. The van der Waals surface area contributed by atoms with Gasteiger partial charge in [-0.1, -0.05) is 0 Å². The molecule has 0 atom stereocenters. The SMILES string of the molecule is CCOC(=O)c1c(NC(=O)C23CC4CC(CC(C4)C2)C3)sc2c1CCC2. The number of fused-ring (bicyclic) bond motifs is 1. The predicted octanol–water partition coefficient (Wildman–Crippen LogP) is 4.57. The van der Waals surface area contributed by atoms with Crippen LogP contribution in [-0.2, 0) is 22.4 Å². The molecule has 26 heavy (non-hydrogen) atoms. The van der Waals surface area contributed by atoms with Crippen LogP contribution < -0.4 is 5.32 Å². The van der Waals surface area contributed by atoms with E-state index >= 15 is 0 Å². The smallest absolute Gasteiger partial charge is 0.341 e. The summed E-state index contributed by atoms with van der Waals surface area (Å²) in [6.07, 6.45) is 10.2. The first kappa shape index (κ1) is 16.8. The number of carbonyl (C=O) groups is 2. The summed E-state index contributed by atoms with van der Waals surface area (Å²) in [5, 5.41) is 3.96. The molecule has 4 nitrogen and oxygen atoms in total. The van der Waals surface area contributed by atoms with Crippen LogP contribution in [0, 0.1) is 23.2 Å². The molecule has 4 bridgehead atoms. The number of hydrogen-bond donors (Lipinski definition) is 1. The molecule has 5 aliphatic rings. The van der Waals surface area contributed by atoms with Gasteiger partial charge >= 0.3 is 5.97 Å². The van der Waals surface area contributed by atoms with Gasteiger partial charge in [-0.25, -0.2) is 4.79 Å². The summed E-state index contributed by atoms with van der Waals surface area (Å²) in [6.45, 7) is 2.20. The van der Waals surface area contributed by atoms with Crippen LogP contribution in [0.3, 0.4) is 0 Å². The Kier molecular flexibility index (Phi) is 3.93. The standard InChI is InChI=1S/C21H27NO3S/c1-2-25-19(23)17-15-4-3-5-16(15)26-18(17)22-20(24)21-9-12-6-13(10-21)8-14(7-12)11-21/h12-14H,2-11H2,1H3,(H,22,24). The van der Waals surface area contributed by atoms with Gasteiger partial charge in [-0.2, -0.15) is 0 Å². The van der Waals surface area contributed by atoms with E-state index in [0.29, 0.717) is 12.2 Å². The van der Waals surface area contributed by atoms with E-state index in [4.69, 9.17) is 4.74 Å². The largest absolute Gasteiger partial charge is 0.462 e. The number of thiophene rings is 1. The molecule has 1 heterocycles. The maximum Gasteiger partial charge on any atom is 0.341 e. The lowest BCUT2D eigenvalue weighted by Crippen LogP contribution is -2.51. The van der Waals surface area contributed by atoms with Gasteiger partial charge in [-0.3, -0.25) is 4.79 Å². The molecule has 0 radical (unpaired) electrons. The first-order chi connectivity index (χ1) is 12.6. The normalized spacial score (nSPS) is 34.0. The minimum absolute atomic E-state index is 0.169. The summed E-state index contributed by atoms with van der Waals surface area (Å²) >= 11 is 1.60. The molecule has 140 valence electrons. The van der Waals surface area contributed by atoms with Crippen molar-refractivity contribution in [3.05, 3.63) is 16.0 Å². The van der Waals surface area contributed by atoms with Crippen LogP contribution in [0.1, 0.15) is 72.7 Å². The zero-order valence-corrected chi connectivity index (χ0v) is 16.3. The minimum atomic E-state index is -0.271. The third kappa shape index (κ3) is 2.54. The van der Waals surface area contributed by atoms with Crippen molar-refractivity contribution in [2.75, 3.05) is 11.9 Å². The fourth-order valence-electron chi connectivity index (χ4n) is 6.54. The Morgan fingerprint density at radius 3 is 2.38 bits per heavy atom. The monoisotopic (exact) mass is 373 g/mol. The van der Waals surface area contributed by atoms with Crippen LogP contribution in [0.5, 0.6) is 0 Å². The molecule has 0 aliphatic heterocycles. The van der Waals surface area contributed by atoms with Crippen molar-refractivity contribution in [1.82, 2.24) is 0 Å². The maximum absolute atomic E-state index is 13.4. The van der Waals surface area contributed by atoms with Crippen molar-refractivity contribution < 1.29 is 14.3 Å². The summed E-state index contributed by atoms with van der Waals surface area (Å²) in [5.74, 6) is 2.12. The van der Waals surface area contributed by atoms with Gasteiger partial charge < -0.3 is 10.1 Å². The van der Waals surface area contributed by atoms with E-state index in [1.807, 2.05) is 6.92 Å².